The van der Waals surface area contributed by atoms with E-state index in [0.29, 0.717) is 22.5 Å². The lowest BCUT2D eigenvalue weighted by atomic mass is 10.2. The minimum Gasteiger partial charge on any atom is -0.494 e. The first kappa shape index (κ1) is 15.7. The van der Waals surface area contributed by atoms with E-state index in [-0.39, 0.29) is 11.3 Å². The molecule has 9 heteroatoms. The lowest BCUT2D eigenvalue weighted by Gasteiger charge is -2.29. The van der Waals surface area contributed by atoms with Crippen LogP contribution < -0.4 is 15.7 Å². The number of H-pyrrole nitrogens is 2. The van der Waals surface area contributed by atoms with E-state index in [2.05, 4.69) is 15.3 Å². The maximum Gasteiger partial charge on any atom is 0.350 e. The number of benzene rings is 1. The van der Waals surface area contributed by atoms with Crippen molar-refractivity contribution in [2.45, 2.75) is 19.6 Å². The molecule has 0 amide bonds. The van der Waals surface area contributed by atoms with Gasteiger partial charge in [-0.05, 0) is 6.07 Å². The van der Waals surface area contributed by atoms with Crippen molar-refractivity contribution in [2.24, 2.45) is 0 Å². The number of cyclic esters (lactones) is 2. The van der Waals surface area contributed by atoms with Crippen LogP contribution in [0.2, 0.25) is 0 Å². The third kappa shape index (κ3) is 2.83. The Bertz CT molecular complexity index is 899. The molecule has 2 aromatic rings. The van der Waals surface area contributed by atoms with E-state index in [1.165, 1.54) is 27.2 Å². The van der Waals surface area contributed by atoms with Crippen molar-refractivity contribution >= 4 is 28.7 Å². The van der Waals surface area contributed by atoms with Gasteiger partial charge in [0.05, 0.1) is 23.8 Å². The zero-order chi connectivity index (χ0) is 17.5. The zero-order valence-electron chi connectivity index (χ0n) is 13.2. The molecule has 0 unspecified atom stereocenters. The normalized spacial score (nSPS) is 16.5. The summed E-state index contributed by atoms with van der Waals surface area (Å²) in [5, 5.41) is 2.80. The van der Waals surface area contributed by atoms with Crippen molar-refractivity contribution in [3.8, 4) is 5.75 Å². The van der Waals surface area contributed by atoms with Crippen molar-refractivity contribution in [3.05, 3.63) is 34.4 Å². The quantitative estimate of drug-likeness (QED) is 0.435. The lowest BCUT2D eigenvalue weighted by Crippen LogP contribution is -2.42. The highest BCUT2D eigenvalue weighted by molar-refractivity contribution is 6.15. The largest absolute Gasteiger partial charge is 0.494 e. The predicted molar refractivity (Wildman–Crippen MR) is 83.4 cm³/mol. The molecular formula is C15H15N3O6. The average Bonchev–Trinajstić information content (AvgIpc) is 2.83. The second-order valence-electron chi connectivity index (χ2n) is 5.56. The third-order valence-corrected chi connectivity index (χ3v) is 3.32. The number of ether oxygens (including phenoxy) is 3. The van der Waals surface area contributed by atoms with Gasteiger partial charge in [-0.2, -0.15) is 0 Å². The number of carbonyl (C=O) groups is 2. The van der Waals surface area contributed by atoms with E-state index in [1.54, 1.807) is 12.1 Å². The Hall–Kier alpha value is -3.23. The molecule has 3 N–H and O–H groups in total. The molecule has 1 aliphatic heterocycles. The van der Waals surface area contributed by atoms with Crippen molar-refractivity contribution in [2.75, 3.05) is 12.4 Å². The number of hydrogen-bond donors (Lipinski definition) is 3. The van der Waals surface area contributed by atoms with E-state index < -0.39 is 17.7 Å². The average molecular weight is 333 g/mol. The molecule has 9 nitrogen and oxygen atoms in total. The Morgan fingerprint density at radius 1 is 1.08 bits per heavy atom. The number of imidazole rings is 1. The Labute approximate surface area is 135 Å². The molecule has 1 fully saturated rings. The summed E-state index contributed by atoms with van der Waals surface area (Å²) in [6.45, 7) is 2.93. The summed E-state index contributed by atoms with van der Waals surface area (Å²) in [5.41, 5.74) is 0.909. The highest BCUT2D eigenvalue weighted by Crippen LogP contribution is 2.29. The molecule has 1 aromatic carbocycles. The van der Waals surface area contributed by atoms with Crippen molar-refractivity contribution in [1.82, 2.24) is 9.97 Å². The monoisotopic (exact) mass is 333 g/mol. The molecule has 1 aliphatic rings. The summed E-state index contributed by atoms with van der Waals surface area (Å²) < 4.78 is 15.2. The SMILES string of the molecule is COc1cc2[nH]c(=O)[nH]c2cc1NC=C1C(=O)OC(C)(C)OC1=O. The van der Waals surface area contributed by atoms with Crippen LogP contribution in [0, 0.1) is 0 Å². The molecule has 0 bridgehead atoms. The Balaban J connectivity index is 1.93. The Kier molecular flexibility index (Phi) is 3.55. The molecule has 3 rings (SSSR count). The maximum absolute atomic E-state index is 11.9. The van der Waals surface area contributed by atoms with Crippen LogP contribution in [0.1, 0.15) is 13.8 Å². The van der Waals surface area contributed by atoms with Crippen LogP contribution in [-0.4, -0.2) is 34.8 Å². The highest BCUT2D eigenvalue weighted by Gasteiger charge is 2.38. The molecular weight excluding hydrogens is 318 g/mol. The van der Waals surface area contributed by atoms with Gasteiger partial charge < -0.3 is 29.5 Å². The van der Waals surface area contributed by atoms with Crippen molar-refractivity contribution in [3.63, 3.8) is 0 Å². The second-order valence-corrected chi connectivity index (χ2v) is 5.56. The van der Waals surface area contributed by atoms with Gasteiger partial charge in [-0.15, -0.1) is 0 Å². The van der Waals surface area contributed by atoms with Gasteiger partial charge in [-0.25, -0.2) is 14.4 Å². The first-order chi connectivity index (χ1) is 11.3. The van der Waals surface area contributed by atoms with Gasteiger partial charge in [0.2, 0.25) is 0 Å². The van der Waals surface area contributed by atoms with Gasteiger partial charge in [0.1, 0.15) is 5.75 Å². The smallest absolute Gasteiger partial charge is 0.350 e. The number of hydrogen-bond acceptors (Lipinski definition) is 7. The van der Waals surface area contributed by atoms with Crippen LogP contribution in [0.15, 0.2) is 28.7 Å². The topological polar surface area (TPSA) is 123 Å². The maximum atomic E-state index is 11.9. The fraction of sp³-hybridized carbons (Fsp3) is 0.267. The van der Waals surface area contributed by atoms with Gasteiger partial charge in [0, 0.05) is 26.1 Å². The molecule has 24 heavy (non-hydrogen) atoms. The minimum atomic E-state index is -1.30. The fourth-order valence-electron chi connectivity index (χ4n) is 2.27. The minimum absolute atomic E-state index is 0.279. The Morgan fingerprint density at radius 3 is 2.25 bits per heavy atom. The number of esters is 2. The van der Waals surface area contributed by atoms with Crippen LogP contribution in [0.4, 0.5) is 5.69 Å². The van der Waals surface area contributed by atoms with Gasteiger partial charge in [-0.1, -0.05) is 0 Å². The molecule has 0 atom stereocenters. The number of fused-ring (bicyclic) bond motifs is 1. The first-order valence-electron chi connectivity index (χ1n) is 7.02. The van der Waals surface area contributed by atoms with Gasteiger partial charge >= 0.3 is 17.6 Å². The summed E-state index contributed by atoms with van der Waals surface area (Å²) in [6.07, 6.45) is 1.17. The van der Waals surface area contributed by atoms with E-state index in [4.69, 9.17) is 14.2 Å². The van der Waals surface area contributed by atoms with Crippen LogP contribution in [-0.2, 0) is 19.1 Å². The summed E-state index contributed by atoms with van der Waals surface area (Å²) in [4.78, 5) is 40.4. The number of anilines is 1. The lowest BCUT2D eigenvalue weighted by molar-refractivity contribution is -0.222. The van der Waals surface area contributed by atoms with E-state index in [9.17, 15) is 14.4 Å². The van der Waals surface area contributed by atoms with Crippen LogP contribution >= 0.6 is 0 Å². The molecule has 1 saturated heterocycles. The van der Waals surface area contributed by atoms with Crippen LogP contribution in [0.25, 0.3) is 11.0 Å². The third-order valence-electron chi connectivity index (χ3n) is 3.32. The van der Waals surface area contributed by atoms with Gasteiger partial charge in [0.25, 0.3) is 5.79 Å². The zero-order valence-corrected chi connectivity index (χ0v) is 13.2. The molecule has 126 valence electrons. The molecule has 2 heterocycles. The number of aromatic amines is 2. The van der Waals surface area contributed by atoms with Crippen LogP contribution in [0.5, 0.6) is 5.75 Å². The summed E-state index contributed by atoms with van der Waals surface area (Å²) in [7, 11) is 1.45. The molecule has 0 radical (unpaired) electrons. The van der Waals surface area contributed by atoms with E-state index >= 15 is 0 Å². The fourth-order valence-corrected chi connectivity index (χ4v) is 2.27. The van der Waals surface area contributed by atoms with Gasteiger partial charge in [0.15, 0.2) is 5.57 Å². The number of nitrogens with one attached hydrogen (secondary N) is 3. The molecule has 1 aromatic heterocycles. The van der Waals surface area contributed by atoms with Crippen molar-refractivity contribution < 1.29 is 23.8 Å². The van der Waals surface area contributed by atoms with E-state index in [0.717, 1.165) is 0 Å². The first-order valence-corrected chi connectivity index (χ1v) is 7.02. The second kappa shape index (κ2) is 5.44. The molecule has 0 saturated carbocycles. The summed E-state index contributed by atoms with van der Waals surface area (Å²) in [5.74, 6) is -2.47. The predicted octanol–water partition coefficient (Wildman–Crippen LogP) is 0.997. The number of methoxy groups -OCH3 is 1. The van der Waals surface area contributed by atoms with Crippen molar-refractivity contribution in [1.29, 1.82) is 0 Å². The van der Waals surface area contributed by atoms with Gasteiger partial charge in [-0.3, -0.25) is 0 Å². The Morgan fingerprint density at radius 2 is 1.67 bits per heavy atom. The molecule has 0 spiro atoms. The number of aromatic nitrogens is 2. The van der Waals surface area contributed by atoms with E-state index in [1.807, 2.05) is 0 Å². The van der Waals surface area contributed by atoms with Crippen LogP contribution in [0.3, 0.4) is 0 Å². The summed E-state index contributed by atoms with van der Waals surface area (Å²) >= 11 is 0. The molecule has 0 aliphatic carbocycles. The number of rotatable bonds is 3. The highest BCUT2D eigenvalue weighted by atomic mass is 16.7. The number of carbonyl (C=O) groups excluding carboxylic acids is 2. The standard InChI is InChI=1S/C15H15N3O6/c1-15(2)23-12(19)7(13(20)24-15)6-16-10-4-8-9(5-11(10)22-3)18-14(21)17-8/h4-6,16H,1-3H3,(H2,17,18,21). The summed E-state index contributed by atoms with van der Waals surface area (Å²) in [6, 6.07) is 3.21.